The van der Waals surface area contributed by atoms with Gasteiger partial charge in [0.15, 0.2) is 0 Å². The molecule has 0 saturated carbocycles. The summed E-state index contributed by atoms with van der Waals surface area (Å²) in [5.74, 6) is -0.0415. The van der Waals surface area contributed by atoms with Crippen molar-refractivity contribution in [3.05, 3.63) is 23.8 Å². The third-order valence-corrected chi connectivity index (χ3v) is 4.73. The lowest BCUT2D eigenvalue weighted by molar-refractivity contribution is -0.128. The third kappa shape index (κ3) is 3.87. The summed E-state index contributed by atoms with van der Waals surface area (Å²) < 4.78 is 10.8. The summed E-state index contributed by atoms with van der Waals surface area (Å²) in [6.07, 6.45) is -0.666. The number of nitrogens with zero attached hydrogens (tertiary/aromatic N) is 3. The van der Waals surface area contributed by atoms with Crippen LogP contribution in [-0.2, 0) is 14.3 Å². The van der Waals surface area contributed by atoms with Crippen LogP contribution in [0.25, 0.3) is 0 Å². The van der Waals surface area contributed by atoms with Gasteiger partial charge in [-0.25, -0.2) is 4.79 Å². The van der Waals surface area contributed by atoms with Gasteiger partial charge in [0.25, 0.3) is 0 Å². The van der Waals surface area contributed by atoms with E-state index in [9.17, 15) is 9.59 Å². The topological polar surface area (TPSA) is 62.3 Å². The summed E-state index contributed by atoms with van der Waals surface area (Å²) in [4.78, 5) is 29.1. The molecule has 2 aliphatic rings. The number of likely N-dealkylation sites (N-methyl/N-ethyl adjacent to an activating group) is 1. The Labute approximate surface area is 148 Å². The van der Waals surface area contributed by atoms with Crippen molar-refractivity contribution in [1.29, 1.82) is 0 Å². The van der Waals surface area contributed by atoms with E-state index in [1.807, 2.05) is 12.1 Å². The average Bonchev–Trinajstić information content (AvgIpc) is 2.95. The minimum Gasteiger partial charge on any atom is -0.442 e. The maximum atomic E-state index is 12.2. The number of cyclic esters (lactones) is 1. The molecule has 7 nitrogen and oxygen atoms in total. The quantitative estimate of drug-likeness (QED) is 0.828. The van der Waals surface area contributed by atoms with Crippen LogP contribution in [0.3, 0.4) is 0 Å². The fraction of sp³-hybridized carbons (Fsp3) is 0.556. The zero-order chi connectivity index (χ0) is 18.0. The summed E-state index contributed by atoms with van der Waals surface area (Å²) in [7, 11) is 1.71. The summed E-state index contributed by atoms with van der Waals surface area (Å²) in [6.45, 7) is 7.65. The first kappa shape index (κ1) is 17.5. The van der Waals surface area contributed by atoms with Gasteiger partial charge in [-0.05, 0) is 30.7 Å². The lowest BCUT2D eigenvalue weighted by atomic mass is 10.1. The SMILES string of the molecule is CC(=O)N(C)CC1CN(c2ccc(N3CCOCC3)c(C)c2)C(=O)O1. The van der Waals surface area contributed by atoms with Crippen LogP contribution < -0.4 is 9.80 Å². The molecular formula is C18H25N3O4. The van der Waals surface area contributed by atoms with Crippen molar-refractivity contribution >= 4 is 23.4 Å². The van der Waals surface area contributed by atoms with Gasteiger partial charge < -0.3 is 19.3 Å². The molecule has 0 radical (unpaired) electrons. The van der Waals surface area contributed by atoms with E-state index >= 15 is 0 Å². The van der Waals surface area contributed by atoms with E-state index in [-0.39, 0.29) is 18.1 Å². The highest BCUT2D eigenvalue weighted by molar-refractivity contribution is 5.90. The smallest absolute Gasteiger partial charge is 0.414 e. The summed E-state index contributed by atoms with van der Waals surface area (Å²) in [5.41, 5.74) is 3.12. The molecule has 2 saturated heterocycles. The average molecular weight is 347 g/mol. The second-order valence-electron chi connectivity index (χ2n) is 6.59. The van der Waals surface area contributed by atoms with E-state index < -0.39 is 0 Å². The monoisotopic (exact) mass is 347 g/mol. The molecule has 7 heteroatoms. The molecule has 0 N–H and O–H groups in total. The maximum absolute atomic E-state index is 12.2. The number of carbonyl (C=O) groups is 2. The van der Waals surface area contributed by atoms with Crippen molar-refractivity contribution in [2.45, 2.75) is 20.0 Å². The van der Waals surface area contributed by atoms with Crippen LogP contribution in [0.1, 0.15) is 12.5 Å². The van der Waals surface area contributed by atoms with Crippen LogP contribution in [0.15, 0.2) is 18.2 Å². The Balaban J connectivity index is 1.70. The molecule has 1 aromatic carbocycles. The fourth-order valence-electron chi connectivity index (χ4n) is 3.23. The normalized spacial score (nSPS) is 20.6. The Morgan fingerprint density at radius 3 is 2.68 bits per heavy atom. The highest BCUT2D eigenvalue weighted by atomic mass is 16.6. The molecular weight excluding hydrogens is 322 g/mol. The highest BCUT2D eigenvalue weighted by Crippen LogP contribution is 2.29. The largest absolute Gasteiger partial charge is 0.442 e. The molecule has 0 bridgehead atoms. The molecule has 2 aliphatic heterocycles. The predicted octanol–water partition coefficient (Wildman–Crippen LogP) is 1.64. The van der Waals surface area contributed by atoms with Crippen molar-refractivity contribution in [3.8, 4) is 0 Å². The lowest BCUT2D eigenvalue weighted by Crippen LogP contribution is -2.36. The Bertz CT molecular complexity index is 658. The Morgan fingerprint density at radius 1 is 1.32 bits per heavy atom. The number of benzene rings is 1. The first-order valence-corrected chi connectivity index (χ1v) is 8.59. The Morgan fingerprint density at radius 2 is 2.04 bits per heavy atom. The van der Waals surface area contributed by atoms with Gasteiger partial charge >= 0.3 is 6.09 Å². The number of carbonyl (C=O) groups excluding carboxylic acids is 2. The van der Waals surface area contributed by atoms with Crippen LogP contribution in [0.4, 0.5) is 16.2 Å². The highest BCUT2D eigenvalue weighted by Gasteiger charge is 2.33. The van der Waals surface area contributed by atoms with E-state index in [0.29, 0.717) is 13.1 Å². The zero-order valence-electron chi connectivity index (χ0n) is 15.0. The molecule has 1 unspecified atom stereocenters. The first-order chi connectivity index (χ1) is 12.0. The van der Waals surface area contributed by atoms with Crippen molar-refractivity contribution in [1.82, 2.24) is 4.90 Å². The van der Waals surface area contributed by atoms with Gasteiger partial charge in [0.05, 0.1) is 26.3 Å². The number of morpholine rings is 1. The molecule has 0 aromatic heterocycles. The van der Waals surface area contributed by atoms with Crippen molar-refractivity contribution in [2.24, 2.45) is 0 Å². The minimum atomic E-state index is -0.361. The molecule has 136 valence electrons. The van der Waals surface area contributed by atoms with Crippen LogP contribution in [-0.4, -0.2) is 69.4 Å². The van der Waals surface area contributed by atoms with Crippen LogP contribution >= 0.6 is 0 Å². The fourth-order valence-corrected chi connectivity index (χ4v) is 3.23. The third-order valence-electron chi connectivity index (χ3n) is 4.73. The van der Waals surface area contributed by atoms with Gasteiger partial charge in [-0.1, -0.05) is 0 Å². The van der Waals surface area contributed by atoms with Gasteiger partial charge in [-0.2, -0.15) is 0 Å². The van der Waals surface area contributed by atoms with E-state index in [4.69, 9.17) is 9.47 Å². The number of aryl methyl sites for hydroxylation is 1. The van der Waals surface area contributed by atoms with Crippen LogP contribution in [0.2, 0.25) is 0 Å². The van der Waals surface area contributed by atoms with Gasteiger partial charge in [-0.15, -0.1) is 0 Å². The summed E-state index contributed by atoms with van der Waals surface area (Å²) in [5, 5.41) is 0. The molecule has 2 amide bonds. The molecule has 0 spiro atoms. The first-order valence-electron chi connectivity index (χ1n) is 8.59. The van der Waals surface area contributed by atoms with E-state index in [0.717, 1.165) is 37.6 Å². The van der Waals surface area contributed by atoms with Crippen molar-refractivity contribution in [2.75, 3.05) is 56.2 Å². The zero-order valence-corrected chi connectivity index (χ0v) is 15.0. The maximum Gasteiger partial charge on any atom is 0.414 e. The summed E-state index contributed by atoms with van der Waals surface area (Å²) >= 11 is 0. The number of rotatable bonds is 4. The molecule has 25 heavy (non-hydrogen) atoms. The van der Waals surface area contributed by atoms with Crippen LogP contribution in [0.5, 0.6) is 0 Å². The second-order valence-corrected chi connectivity index (χ2v) is 6.59. The van der Waals surface area contributed by atoms with Gasteiger partial charge in [0.2, 0.25) is 5.91 Å². The minimum absolute atomic E-state index is 0.0415. The van der Waals surface area contributed by atoms with E-state index in [2.05, 4.69) is 17.9 Å². The van der Waals surface area contributed by atoms with Crippen molar-refractivity contribution in [3.63, 3.8) is 0 Å². The molecule has 3 rings (SSSR count). The van der Waals surface area contributed by atoms with E-state index in [1.165, 1.54) is 12.6 Å². The van der Waals surface area contributed by atoms with Gasteiger partial charge in [0, 0.05) is 38.4 Å². The summed E-state index contributed by atoms with van der Waals surface area (Å²) in [6, 6.07) is 6.03. The second kappa shape index (κ2) is 7.31. The standard InChI is InChI=1S/C18H25N3O4/c1-13-10-15(4-5-17(13)20-6-8-24-9-7-20)21-12-16(25-18(21)23)11-19(3)14(2)22/h4-5,10,16H,6-9,11-12H2,1-3H3. The number of amides is 2. The molecule has 1 atom stereocenters. The number of ether oxygens (including phenoxy) is 2. The molecule has 0 aliphatic carbocycles. The number of hydrogen-bond donors (Lipinski definition) is 0. The van der Waals surface area contributed by atoms with Crippen LogP contribution in [0, 0.1) is 6.92 Å². The number of anilines is 2. The Kier molecular flexibility index (Phi) is 5.13. The molecule has 2 heterocycles. The van der Waals surface area contributed by atoms with E-state index in [1.54, 1.807) is 16.8 Å². The van der Waals surface area contributed by atoms with Crippen molar-refractivity contribution < 1.29 is 19.1 Å². The predicted molar refractivity (Wildman–Crippen MR) is 95.1 cm³/mol. The Hall–Kier alpha value is -2.28. The molecule has 2 fully saturated rings. The lowest BCUT2D eigenvalue weighted by Gasteiger charge is -2.30. The number of hydrogen-bond acceptors (Lipinski definition) is 5. The molecule has 1 aromatic rings. The van der Waals surface area contributed by atoms with Gasteiger partial charge in [-0.3, -0.25) is 9.69 Å². The van der Waals surface area contributed by atoms with Gasteiger partial charge in [0.1, 0.15) is 6.10 Å².